The normalized spacial score (nSPS) is 17.5. The Morgan fingerprint density at radius 3 is 1.95 bits per heavy atom. The number of anilines is 2. The SMILES string of the molecule is CC(N(C)C(=O)Cc1ccccc1N(S(N)(=O)=O)S(N)(=O)=O)N1CCC[C@H]1c1cccc(N(S(N)(=O)=O)S(N)(=O)=O)c1. The number of benzene rings is 2. The quantitative estimate of drug-likeness (QED) is 0.211. The molecule has 1 heterocycles. The molecule has 1 fully saturated rings. The molecule has 0 spiro atoms. The third kappa shape index (κ3) is 7.54. The fourth-order valence-corrected chi connectivity index (χ4v) is 8.89. The van der Waals surface area contributed by atoms with Crippen LogP contribution in [0.2, 0.25) is 0 Å². The lowest BCUT2D eigenvalue weighted by Crippen LogP contribution is -2.48. The summed E-state index contributed by atoms with van der Waals surface area (Å²) in [7, 11) is -17.7. The molecule has 1 saturated heterocycles. The van der Waals surface area contributed by atoms with Crippen LogP contribution in [0.3, 0.4) is 0 Å². The van der Waals surface area contributed by atoms with E-state index in [1.165, 1.54) is 48.3 Å². The van der Waals surface area contributed by atoms with Gasteiger partial charge in [-0.05, 0) is 49.1 Å². The minimum absolute atomic E-state index is 0.0290. The Labute approximate surface area is 245 Å². The third-order valence-corrected chi connectivity index (χ3v) is 11.8. The largest absolute Gasteiger partial charge is 0.330 e. The highest BCUT2D eigenvalue weighted by Crippen LogP contribution is 2.36. The van der Waals surface area contributed by atoms with Crippen molar-refractivity contribution in [1.29, 1.82) is 0 Å². The van der Waals surface area contributed by atoms with Gasteiger partial charge in [0, 0.05) is 19.6 Å². The topological polar surface area (TPSA) is 271 Å². The molecule has 0 bridgehead atoms. The van der Waals surface area contributed by atoms with Crippen molar-refractivity contribution in [3.8, 4) is 0 Å². The predicted molar refractivity (Wildman–Crippen MR) is 155 cm³/mol. The molecule has 17 nitrogen and oxygen atoms in total. The summed E-state index contributed by atoms with van der Waals surface area (Å²) in [6.07, 6.45) is 0.294. The summed E-state index contributed by atoms with van der Waals surface area (Å²) in [6.45, 7) is 2.25. The van der Waals surface area contributed by atoms with Crippen LogP contribution < -0.4 is 28.0 Å². The highest BCUT2D eigenvalue weighted by atomic mass is 32.3. The molecule has 42 heavy (non-hydrogen) atoms. The van der Waals surface area contributed by atoms with E-state index in [1.54, 1.807) is 13.0 Å². The number of hydrogen-bond donors (Lipinski definition) is 4. The standard InChI is InChI=1S/C21H32N8O9S4/c1-15(26(2)21(30)14-17-7-3-4-10-20(17)29(41(24,35)36)42(25,37)38)27-12-6-11-19(27)16-8-5-9-18(13-16)28(39(22,31)32)40(23,33)34/h3-5,7-10,13,15,19H,6,11-12,14H2,1-2H3,(H2,22,31,32)(H2,23,33,34)(H2,24,35,36)(H2,25,37,38)/t15?,19-/m0/s1. The van der Waals surface area contributed by atoms with Crippen LogP contribution in [-0.2, 0) is 52.1 Å². The third-order valence-electron chi connectivity index (χ3n) is 6.65. The van der Waals surface area contributed by atoms with Gasteiger partial charge in [-0.1, -0.05) is 30.3 Å². The second-order valence-corrected chi connectivity index (χ2v) is 15.5. The van der Waals surface area contributed by atoms with E-state index in [1.807, 2.05) is 4.90 Å². The minimum atomic E-state index is -4.86. The number of rotatable bonds is 11. The van der Waals surface area contributed by atoms with Gasteiger partial charge in [0.25, 0.3) is 0 Å². The van der Waals surface area contributed by atoms with Crippen LogP contribution in [-0.4, -0.2) is 69.1 Å². The van der Waals surface area contributed by atoms with Gasteiger partial charge in [-0.25, -0.2) is 20.6 Å². The highest BCUT2D eigenvalue weighted by Gasteiger charge is 2.36. The van der Waals surface area contributed by atoms with E-state index in [9.17, 15) is 38.5 Å². The van der Waals surface area contributed by atoms with Crippen LogP contribution in [0.15, 0.2) is 48.5 Å². The summed E-state index contributed by atoms with van der Waals surface area (Å²) in [5.74, 6) is -0.507. The van der Waals surface area contributed by atoms with E-state index in [2.05, 4.69) is 0 Å². The molecule has 2 aromatic carbocycles. The Morgan fingerprint density at radius 2 is 1.40 bits per heavy atom. The fourth-order valence-electron chi connectivity index (χ4n) is 4.85. The number of likely N-dealkylation sites (tertiary alicyclic amines) is 1. The Morgan fingerprint density at radius 1 is 0.857 bits per heavy atom. The molecule has 3 rings (SSSR count). The first-order chi connectivity index (χ1) is 19.1. The van der Waals surface area contributed by atoms with Crippen LogP contribution in [0.5, 0.6) is 0 Å². The Bertz CT molecular complexity index is 1720. The molecule has 0 saturated carbocycles. The number of nitrogens with zero attached hydrogens (tertiary/aromatic N) is 4. The first kappa shape index (κ1) is 33.6. The number of amides is 1. The lowest BCUT2D eigenvalue weighted by Gasteiger charge is -2.37. The summed E-state index contributed by atoms with van der Waals surface area (Å²) >= 11 is 0. The number of para-hydroxylation sites is 1. The molecule has 2 atom stereocenters. The van der Waals surface area contributed by atoms with Crippen LogP contribution in [0.1, 0.15) is 36.9 Å². The van der Waals surface area contributed by atoms with Gasteiger partial charge in [-0.3, -0.25) is 9.69 Å². The first-order valence-corrected chi connectivity index (χ1v) is 18.1. The van der Waals surface area contributed by atoms with E-state index in [4.69, 9.17) is 20.6 Å². The molecule has 2 aromatic rings. The Hall–Kier alpha value is -2.89. The van der Waals surface area contributed by atoms with Crippen LogP contribution in [0.25, 0.3) is 0 Å². The number of hydrogen-bond acceptors (Lipinski definition) is 10. The molecule has 1 unspecified atom stereocenters. The second-order valence-electron chi connectivity index (χ2n) is 9.51. The lowest BCUT2D eigenvalue weighted by atomic mass is 10.0. The number of likely N-dealkylation sites (N-methyl/N-ethyl adjacent to an activating group) is 1. The van der Waals surface area contributed by atoms with Crippen molar-refractivity contribution in [1.82, 2.24) is 9.80 Å². The van der Waals surface area contributed by atoms with Crippen molar-refractivity contribution in [2.75, 3.05) is 21.0 Å². The fraction of sp³-hybridized carbons (Fsp3) is 0.381. The average Bonchev–Trinajstić information content (AvgIpc) is 3.31. The Balaban J connectivity index is 1.90. The lowest BCUT2D eigenvalue weighted by molar-refractivity contribution is -0.134. The summed E-state index contributed by atoms with van der Waals surface area (Å²) in [6, 6.07) is 10.6. The molecule has 234 valence electrons. The molecular weight excluding hydrogens is 637 g/mol. The van der Waals surface area contributed by atoms with Crippen molar-refractivity contribution in [2.45, 2.75) is 38.4 Å². The summed E-state index contributed by atoms with van der Waals surface area (Å²) in [4.78, 5) is 16.6. The van der Waals surface area contributed by atoms with Gasteiger partial charge in [0.15, 0.2) is 0 Å². The van der Waals surface area contributed by atoms with Gasteiger partial charge < -0.3 is 4.90 Å². The maximum Gasteiger partial charge on any atom is 0.313 e. The zero-order valence-corrected chi connectivity index (χ0v) is 25.8. The highest BCUT2D eigenvalue weighted by molar-refractivity contribution is 8.08. The van der Waals surface area contributed by atoms with Crippen molar-refractivity contribution < 1.29 is 38.5 Å². The minimum Gasteiger partial charge on any atom is -0.330 e. The molecule has 21 heteroatoms. The van der Waals surface area contributed by atoms with E-state index >= 15 is 0 Å². The maximum absolute atomic E-state index is 13.3. The van der Waals surface area contributed by atoms with E-state index in [0.717, 1.165) is 6.07 Å². The average molecular weight is 669 g/mol. The Kier molecular flexibility index (Phi) is 9.61. The van der Waals surface area contributed by atoms with Gasteiger partial charge in [-0.2, -0.15) is 33.7 Å². The summed E-state index contributed by atoms with van der Waals surface area (Å²) in [5, 5.41) is 20.4. The van der Waals surface area contributed by atoms with E-state index in [0.29, 0.717) is 24.9 Å². The summed E-state index contributed by atoms with van der Waals surface area (Å²) < 4.78 is 95.8. The van der Waals surface area contributed by atoms with E-state index in [-0.39, 0.29) is 24.7 Å². The van der Waals surface area contributed by atoms with Gasteiger partial charge in [0.1, 0.15) is 0 Å². The molecular formula is C21H32N8O9S4. The van der Waals surface area contributed by atoms with Gasteiger partial charge in [0.05, 0.1) is 24.0 Å². The van der Waals surface area contributed by atoms with Crippen LogP contribution in [0, 0.1) is 0 Å². The van der Waals surface area contributed by atoms with Gasteiger partial charge in [0.2, 0.25) is 5.91 Å². The molecule has 1 aliphatic rings. The van der Waals surface area contributed by atoms with Crippen molar-refractivity contribution in [3.63, 3.8) is 0 Å². The van der Waals surface area contributed by atoms with Crippen molar-refractivity contribution >= 4 is 58.1 Å². The molecule has 1 aliphatic heterocycles. The predicted octanol–water partition coefficient (Wildman–Crippen LogP) is -1.70. The molecule has 0 aliphatic carbocycles. The number of nitrogens with two attached hydrogens (primary N) is 4. The zero-order chi connectivity index (χ0) is 31.8. The van der Waals surface area contributed by atoms with Gasteiger partial charge in [-0.15, -0.1) is 7.42 Å². The van der Waals surface area contributed by atoms with Crippen molar-refractivity contribution in [3.05, 3.63) is 59.7 Å². The molecule has 8 N–H and O–H groups in total. The maximum atomic E-state index is 13.3. The second kappa shape index (κ2) is 12.0. The van der Waals surface area contributed by atoms with Crippen LogP contribution in [0.4, 0.5) is 11.4 Å². The molecule has 1 amide bonds. The monoisotopic (exact) mass is 668 g/mol. The van der Waals surface area contributed by atoms with Gasteiger partial charge >= 0.3 is 40.8 Å². The molecule has 0 radical (unpaired) electrons. The van der Waals surface area contributed by atoms with Crippen molar-refractivity contribution in [2.24, 2.45) is 20.6 Å². The first-order valence-electron chi connectivity index (χ1n) is 12.0. The number of carbonyl (C=O) groups is 1. The van der Waals surface area contributed by atoms with E-state index < -0.39 is 65.0 Å². The smallest absolute Gasteiger partial charge is 0.313 e. The zero-order valence-electron chi connectivity index (χ0n) is 22.5. The summed E-state index contributed by atoms with van der Waals surface area (Å²) in [5.41, 5.74) is -0.118. The van der Waals surface area contributed by atoms with Crippen LogP contribution >= 0.6 is 0 Å². The molecule has 0 aromatic heterocycles. The number of carbonyl (C=O) groups excluding carboxylic acids is 1.